The third kappa shape index (κ3) is 4.39. The van der Waals surface area contributed by atoms with Gasteiger partial charge in [-0.3, -0.25) is 4.90 Å². The fraction of sp³-hybridized carbons (Fsp3) is 0.636. The lowest BCUT2D eigenvalue weighted by atomic mass is 10.0. The van der Waals surface area contributed by atoms with Gasteiger partial charge in [0, 0.05) is 18.5 Å². The second-order valence-corrected chi connectivity index (χ2v) is 8.21. The molecule has 1 unspecified atom stereocenters. The van der Waals surface area contributed by atoms with Gasteiger partial charge in [-0.05, 0) is 58.0 Å². The molecular weight excluding hydrogens is 354 g/mol. The van der Waals surface area contributed by atoms with Gasteiger partial charge in [-0.15, -0.1) is 0 Å². The molecular formula is C22H31N3O3. The van der Waals surface area contributed by atoms with Crippen molar-refractivity contribution in [3.8, 4) is 0 Å². The van der Waals surface area contributed by atoms with E-state index in [0.717, 1.165) is 62.8 Å². The Morgan fingerprint density at radius 1 is 1.07 bits per heavy atom. The number of nitrogens with zero attached hydrogens (tertiary/aromatic N) is 3. The Morgan fingerprint density at radius 3 is 2.50 bits per heavy atom. The standard InChI is InChI=1S/C22H31N3O3/c1-24-15-11-17(12-16-24)27-22(26)20(25-13-7-3-2-4-8-14-25)21-18-9-5-6-10-19(18)23-28-21/h5-6,9-10,17,20H,2-4,7-8,11-16H2,1H3. The predicted molar refractivity (Wildman–Crippen MR) is 108 cm³/mol. The maximum absolute atomic E-state index is 13.4. The summed E-state index contributed by atoms with van der Waals surface area (Å²) in [6, 6.07) is 7.31. The van der Waals surface area contributed by atoms with E-state index in [4.69, 9.17) is 9.26 Å². The highest BCUT2D eigenvalue weighted by Gasteiger charge is 2.36. The summed E-state index contributed by atoms with van der Waals surface area (Å²) in [6.07, 6.45) is 7.69. The van der Waals surface area contributed by atoms with E-state index < -0.39 is 6.04 Å². The summed E-state index contributed by atoms with van der Waals surface area (Å²) in [6.45, 7) is 3.72. The van der Waals surface area contributed by atoms with Gasteiger partial charge in [0.2, 0.25) is 0 Å². The lowest BCUT2D eigenvalue weighted by Gasteiger charge is -2.33. The van der Waals surface area contributed by atoms with Crippen LogP contribution < -0.4 is 0 Å². The fourth-order valence-electron chi connectivity index (χ4n) is 4.39. The molecule has 2 aliphatic rings. The summed E-state index contributed by atoms with van der Waals surface area (Å²) >= 11 is 0. The number of rotatable bonds is 4. The van der Waals surface area contributed by atoms with Crippen molar-refractivity contribution in [3.05, 3.63) is 30.0 Å². The van der Waals surface area contributed by atoms with E-state index in [0.29, 0.717) is 5.76 Å². The van der Waals surface area contributed by atoms with Crippen LogP contribution in [0.4, 0.5) is 0 Å². The van der Waals surface area contributed by atoms with Crippen LogP contribution in [0.2, 0.25) is 0 Å². The van der Waals surface area contributed by atoms with Crippen molar-refractivity contribution in [1.29, 1.82) is 0 Å². The summed E-state index contributed by atoms with van der Waals surface area (Å²) in [7, 11) is 2.11. The van der Waals surface area contributed by atoms with Gasteiger partial charge in [-0.2, -0.15) is 0 Å². The van der Waals surface area contributed by atoms with E-state index in [1.165, 1.54) is 19.3 Å². The van der Waals surface area contributed by atoms with Gasteiger partial charge in [0.25, 0.3) is 0 Å². The van der Waals surface area contributed by atoms with Gasteiger partial charge in [0.1, 0.15) is 11.6 Å². The molecule has 0 N–H and O–H groups in total. The molecule has 0 amide bonds. The Labute approximate surface area is 166 Å². The van der Waals surface area contributed by atoms with Crippen molar-refractivity contribution >= 4 is 16.9 Å². The number of carbonyl (C=O) groups is 1. The van der Waals surface area contributed by atoms with Crippen LogP contribution in [0.15, 0.2) is 28.8 Å². The smallest absolute Gasteiger partial charge is 0.331 e. The lowest BCUT2D eigenvalue weighted by Crippen LogP contribution is -2.41. The monoisotopic (exact) mass is 385 g/mol. The summed E-state index contributed by atoms with van der Waals surface area (Å²) in [5, 5.41) is 5.11. The van der Waals surface area contributed by atoms with Gasteiger partial charge in [-0.25, -0.2) is 4.79 Å². The van der Waals surface area contributed by atoms with Gasteiger partial charge in [0.05, 0.1) is 0 Å². The molecule has 0 saturated carbocycles. The Hall–Kier alpha value is -1.92. The Bertz CT molecular complexity index is 774. The lowest BCUT2D eigenvalue weighted by molar-refractivity contribution is -0.159. The number of esters is 1. The summed E-state index contributed by atoms with van der Waals surface area (Å²) < 4.78 is 11.7. The maximum Gasteiger partial charge on any atom is 0.331 e. The third-order valence-corrected chi connectivity index (χ3v) is 6.09. The van der Waals surface area contributed by atoms with Crippen LogP contribution in [0.25, 0.3) is 10.9 Å². The maximum atomic E-state index is 13.4. The Balaban J connectivity index is 1.59. The number of fused-ring (bicyclic) bond motifs is 1. The first kappa shape index (κ1) is 19.4. The third-order valence-electron chi connectivity index (χ3n) is 6.09. The van der Waals surface area contributed by atoms with E-state index in [-0.39, 0.29) is 12.1 Å². The van der Waals surface area contributed by atoms with E-state index in [9.17, 15) is 4.79 Å². The molecule has 0 bridgehead atoms. The molecule has 2 aliphatic heterocycles. The number of carbonyl (C=O) groups excluding carboxylic acids is 1. The summed E-state index contributed by atoms with van der Waals surface area (Å²) in [5.41, 5.74) is 0.793. The molecule has 6 nitrogen and oxygen atoms in total. The average Bonchev–Trinajstić information content (AvgIpc) is 3.09. The quantitative estimate of drug-likeness (QED) is 0.747. The van der Waals surface area contributed by atoms with E-state index in [2.05, 4.69) is 22.0 Å². The molecule has 0 aliphatic carbocycles. The molecule has 1 atom stereocenters. The topological polar surface area (TPSA) is 58.8 Å². The number of ether oxygens (including phenoxy) is 1. The molecule has 0 spiro atoms. The first-order chi connectivity index (χ1) is 13.7. The van der Waals surface area contributed by atoms with Gasteiger partial charge in [0.15, 0.2) is 11.8 Å². The van der Waals surface area contributed by atoms with Crippen LogP contribution in [0.3, 0.4) is 0 Å². The molecule has 1 aromatic carbocycles. The number of benzene rings is 1. The molecule has 2 saturated heterocycles. The molecule has 1 aromatic heterocycles. The molecule has 152 valence electrons. The predicted octanol–water partition coefficient (Wildman–Crippen LogP) is 3.77. The number of hydrogen-bond donors (Lipinski definition) is 0. The van der Waals surface area contributed by atoms with Crippen LogP contribution >= 0.6 is 0 Å². The zero-order chi connectivity index (χ0) is 19.3. The largest absolute Gasteiger partial charge is 0.461 e. The van der Waals surface area contributed by atoms with Crippen molar-refractivity contribution in [2.45, 2.75) is 57.1 Å². The summed E-state index contributed by atoms with van der Waals surface area (Å²) in [4.78, 5) is 17.9. The van der Waals surface area contributed by atoms with Crippen LogP contribution in [0.5, 0.6) is 0 Å². The average molecular weight is 386 g/mol. The molecule has 2 aromatic rings. The molecule has 0 radical (unpaired) electrons. The SMILES string of the molecule is CN1CCC(OC(=O)C(c2onc3ccccc23)N2CCCCCCC2)CC1. The highest BCUT2D eigenvalue weighted by Crippen LogP contribution is 2.32. The first-order valence-corrected chi connectivity index (χ1v) is 10.7. The second kappa shape index (κ2) is 9.05. The molecule has 2 fully saturated rings. The minimum Gasteiger partial charge on any atom is -0.461 e. The second-order valence-electron chi connectivity index (χ2n) is 8.21. The summed E-state index contributed by atoms with van der Waals surface area (Å²) in [5.74, 6) is 0.450. The zero-order valence-electron chi connectivity index (χ0n) is 16.8. The van der Waals surface area contributed by atoms with Crippen LogP contribution in [-0.2, 0) is 9.53 Å². The molecule has 28 heavy (non-hydrogen) atoms. The van der Waals surface area contributed by atoms with Gasteiger partial charge < -0.3 is 14.2 Å². The number of likely N-dealkylation sites (tertiary alicyclic amines) is 2. The number of hydrogen-bond acceptors (Lipinski definition) is 6. The van der Waals surface area contributed by atoms with E-state index in [1.807, 2.05) is 24.3 Å². The van der Waals surface area contributed by atoms with Crippen LogP contribution in [-0.4, -0.2) is 60.3 Å². The van der Waals surface area contributed by atoms with Crippen molar-refractivity contribution in [2.75, 3.05) is 33.2 Å². The zero-order valence-corrected chi connectivity index (χ0v) is 16.8. The van der Waals surface area contributed by atoms with Crippen molar-refractivity contribution in [3.63, 3.8) is 0 Å². The first-order valence-electron chi connectivity index (χ1n) is 10.7. The van der Waals surface area contributed by atoms with Crippen LogP contribution in [0, 0.1) is 0 Å². The van der Waals surface area contributed by atoms with Crippen molar-refractivity contribution in [1.82, 2.24) is 15.0 Å². The number of piperidine rings is 1. The Morgan fingerprint density at radius 2 is 1.75 bits per heavy atom. The minimum absolute atomic E-state index is 0.00450. The fourth-order valence-corrected chi connectivity index (χ4v) is 4.39. The normalized spacial score (nSPS) is 21.9. The van der Waals surface area contributed by atoms with Crippen molar-refractivity contribution < 1.29 is 14.1 Å². The van der Waals surface area contributed by atoms with Crippen molar-refractivity contribution in [2.24, 2.45) is 0 Å². The molecule has 3 heterocycles. The van der Waals surface area contributed by atoms with Gasteiger partial charge >= 0.3 is 5.97 Å². The molecule has 6 heteroatoms. The Kier molecular flexibility index (Phi) is 6.27. The van der Waals surface area contributed by atoms with Crippen LogP contribution in [0.1, 0.15) is 56.7 Å². The van der Waals surface area contributed by atoms with E-state index >= 15 is 0 Å². The molecule has 4 rings (SSSR count). The minimum atomic E-state index is -0.509. The highest BCUT2D eigenvalue weighted by atomic mass is 16.5. The highest BCUT2D eigenvalue weighted by molar-refractivity contribution is 5.87. The van der Waals surface area contributed by atoms with Gasteiger partial charge in [-0.1, -0.05) is 36.6 Å². The number of aromatic nitrogens is 1. The van der Waals surface area contributed by atoms with E-state index in [1.54, 1.807) is 0 Å².